The fourth-order valence-corrected chi connectivity index (χ4v) is 2.94. The number of fused-ring (bicyclic) bond motifs is 1. The van der Waals surface area contributed by atoms with Crippen LogP contribution in [0, 0.1) is 0 Å². The molecule has 0 saturated heterocycles. The Morgan fingerprint density at radius 1 is 1.19 bits per heavy atom. The van der Waals surface area contributed by atoms with Gasteiger partial charge < -0.3 is 20.3 Å². The lowest BCUT2D eigenvalue weighted by molar-refractivity contribution is -0.121. The Kier molecular flexibility index (Phi) is 6.67. The van der Waals surface area contributed by atoms with Crippen LogP contribution in [0.3, 0.4) is 0 Å². The molecule has 0 unspecified atom stereocenters. The summed E-state index contributed by atoms with van der Waals surface area (Å²) in [4.78, 5) is 18.2. The third-order valence-corrected chi connectivity index (χ3v) is 4.30. The van der Waals surface area contributed by atoms with Gasteiger partial charge in [-0.15, -0.1) is 0 Å². The topological polar surface area (TPSA) is 83.8 Å². The number of ether oxygens (including phenoxy) is 1. The number of nitrogens with one attached hydrogen (secondary N) is 2. The molecule has 3 rings (SSSR count). The molecule has 1 aromatic heterocycles. The van der Waals surface area contributed by atoms with E-state index < -0.39 is 0 Å². The zero-order chi connectivity index (χ0) is 18.9. The summed E-state index contributed by atoms with van der Waals surface area (Å²) in [5, 5.41) is 10.8. The van der Waals surface area contributed by atoms with Crippen molar-refractivity contribution >= 4 is 17.6 Å². The Hall–Kier alpha value is -3.03. The van der Waals surface area contributed by atoms with Gasteiger partial charge in [0.05, 0.1) is 5.69 Å². The van der Waals surface area contributed by atoms with Gasteiger partial charge in [-0.25, -0.2) is 0 Å². The number of aromatic nitrogens is 2. The highest BCUT2D eigenvalue weighted by molar-refractivity contribution is 5.97. The van der Waals surface area contributed by atoms with Crippen molar-refractivity contribution in [1.29, 1.82) is 0 Å². The number of benzene rings is 1. The number of hydrogen-bond acceptors (Lipinski definition) is 4. The van der Waals surface area contributed by atoms with E-state index in [1.54, 1.807) is 18.1 Å². The first-order chi connectivity index (χ1) is 13.3. The van der Waals surface area contributed by atoms with Gasteiger partial charge in [0.2, 0.25) is 0 Å². The van der Waals surface area contributed by atoms with Crippen molar-refractivity contribution in [2.45, 2.75) is 19.4 Å². The Balaban J connectivity index is 1.37. The maximum absolute atomic E-state index is 12.2. The first kappa shape index (κ1) is 18.8. The van der Waals surface area contributed by atoms with Crippen molar-refractivity contribution in [3.63, 3.8) is 0 Å². The van der Waals surface area contributed by atoms with Gasteiger partial charge in [0.25, 0.3) is 5.91 Å². The van der Waals surface area contributed by atoms with Gasteiger partial charge >= 0.3 is 0 Å². The minimum absolute atomic E-state index is 0.00479. The van der Waals surface area contributed by atoms with E-state index in [2.05, 4.69) is 20.7 Å². The molecule has 0 aliphatic carbocycles. The maximum atomic E-state index is 12.2. The third kappa shape index (κ3) is 5.22. The second-order valence-corrected chi connectivity index (χ2v) is 6.20. The van der Waals surface area contributed by atoms with Crippen LogP contribution in [-0.2, 0) is 11.3 Å². The first-order valence-corrected chi connectivity index (χ1v) is 9.22. The average Bonchev–Trinajstić information content (AvgIpc) is 3.21. The summed E-state index contributed by atoms with van der Waals surface area (Å²) >= 11 is 0. The molecule has 144 valence electrons. The average molecular weight is 370 g/mol. The molecule has 1 aliphatic heterocycles. The van der Waals surface area contributed by atoms with Gasteiger partial charge in [0, 0.05) is 45.6 Å². The van der Waals surface area contributed by atoms with Crippen LogP contribution in [0.2, 0.25) is 0 Å². The highest BCUT2D eigenvalue weighted by Gasteiger charge is 2.24. The molecule has 0 radical (unpaired) electrons. The number of guanidine groups is 1. The molecule has 2 N–H and O–H groups in total. The summed E-state index contributed by atoms with van der Waals surface area (Å²) in [6.07, 6.45) is 5.51. The highest BCUT2D eigenvalue weighted by atomic mass is 16.5. The SMILES string of the molecule is CN=C(NCCCN1C(=O)COc2ccccc21)NCCCn1cccn1. The van der Waals surface area contributed by atoms with Crippen LogP contribution in [0.4, 0.5) is 5.69 Å². The number of carbonyl (C=O) groups excluding carboxylic acids is 1. The van der Waals surface area contributed by atoms with Crippen molar-refractivity contribution in [3.8, 4) is 5.75 Å². The number of aliphatic imine (C=N–C) groups is 1. The van der Waals surface area contributed by atoms with Gasteiger partial charge in [0.15, 0.2) is 12.6 Å². The van der Waals surface area contributed by atoms with Crippen LogP contribution in [0.25, 0.3) is 0 Å². The second-order valence-electron chi connectivity index (χ2n) is 6.20. The van der Waals surface area contributed by atoms with Crippen LogP contribution < -0.4 is 20.3 Å². The second kappa shape index (κ2) is 9.61. The lowest BCUT2D eigenvalue weighted by atomic mass is 10.2. The lowest BCUT2D eigenvalue weighted by Crippen LogP contribution is -2.42. The summed E-state index contributed by atoms with van der Waals surface area (Å²) < 4.78 is 7.38. The molecule has 8 heteroatoms. The largest absolute Gasteiger partial charge is 0.482 e. The van der Waals surface area contributed by atoms with E-state index >= 15 is 0 Å². The summed E-state index contributed by atoms with van der Waals surface area (Å²) in [5.41, 5.74) is 0.842. The van der Waals surface area contributed by atoms with Crippen molar-refractivity contribution in [2.75, 3.05) is 38.2 Å². The summed E-state index contributed by atoms with van der Waals surface area (Å²) in [6, 6.07) is 9.56. The molecule has 2 aromatic rings. The molecule has 0 fully saturated rings. The molecular weight excluding hydrogens is 344 g/mol. The number of aryl methyl sites for hydroxylation is 1. The van der Waals surface area contributed by atoms with E-state index in [0.29, 0.717) is 6.54 Å². The van der Waals surface area contributed by atoms with Crippen LogP contribution in [0.5, 0.6) is 5.75 Å². The minimum Gasteiger partial charge on any atom is -0.482 e. The molecule has 1 amide bonds. The first-order valence-electron chi connectivity index (χ1n) is 9.22. The molecule has 2 heterocycles. The van der Waals surface area contributed by atoms with Gasteiger partial charge in [-0.1, -0.05) is 12.1 Å². The smallest absolute Gasteiger partial charge is 0.265 e. The third-order valence-electron chi connectivity index (χ3n) is 4.30. The van der Waals surface area contributed by atoms with E-state index in [1.807, 2.05) is 41.2 Å². The minimum atomic E-state index is -0.00479. The number of nitrogens with zero attached hydrogens (tertiary/aromatic N) is 4. The molecule has 27 heavy (non-hydrogen) atoms. The maximum Gasteiger partial charge on any atom is 0.265 e. The van der Waals surface area contributed by atoms with Crippen LogP contribution in [0.15, 0.2) is 47.7 Å². The lowest BCUT2D eigenvalue weighted by Gasteiger charge is -2.29. The molecule has 0 saturated carbocycles. The number of hydrogen-bond donors (Lipinski definition) is 2. The van der Waals surface area contributed by atoms with Gasteiger partial charge in [-0.2, -0.15) is 5.10 Å². The monoisotopic (exact) mass is 370 g/mol. The Morgan fingerprint density at radius 3 is 2.70 bits per heavy atom. The number of para-hydroxylation sites is 2. The van der Waals surface area contributed by atoms with Gasteiger partial charge in [-0.3, -0.25) is 14.5 Å². The summed E-state index contributed by atoms with van der Waals surface area (Å²) in [5.74, 6) is 1.53. The van der Waals surface area contributed by atoms with E-state index in [0.717, 1.165) is 49.9 Å². The predicted molar refractivity (Wildman–Crippen MR) is 105 cm³/mol. The fraction of sp³-hybridized carbons (Fsp3) is 0.421. The van der Waals surface area contributed by atoms with Gasteiger partial charge in [-0.05, 0) is 31.0 Å². The summed E-state index contributed by atoms with van der Waals surface area (Å²) in [6.45, 7) is 3.16. The van der Waals surface area contributed by atoms with Crippen LogP contribution in [-0.4, -0.2) is 54.9 Å². The normalized spacial score (nSPS) is 13.9. The van der Waals surface area contributed by atoms with Crippen LogP contribution >= 0.6 is 0 Å². The Morgan fingerprint density at radius 2 is 1.96 bits per heavy atom. The molecule has 0 spiro atoms. The number of amides is 1. The standard InChI is InChI=1S/C19H26N6O2/c1-20-19(21-9-4-12-24-13-6-11-23-24)22-10-5-14-25-16-7-2-3-8-17(16)27-15-18(25)26/h2-3,6-8,11,13H,4-5,9-10,12,14-15H2,1H3,(H2,20,21,22). The van der Waals surface area contributed by atoms with Gasteiger partial charge in [0.1, 0.15) is 5.75 Å². The summed E-state index contributed by atoms with van der Waals surface area (Å²) in [7, 11) is 1.75. The van der Waals surface area contributed by atoms with E-state index in [9.17, 15) is 4.79 Å². The molecule has 1 aromatic carbocycles. The number of rotatable bonds is 8. The zero-order valence-electron chi connectivity index (χ0n) is 15.6. The van der Waals surface area contributed by atoms with Crippen molar-refractivity contribution in [1.82, 2.24) is 20.4 Å². The van der Waals surface area contributed by atoms with Crippen molar-refractivity contribution in [3.05, 3.63) is 42.7 Å². The molecule has 8 nitrogen and oxygen atoms in total. The van der Waals surface area contributed by atoms with E-state index in [4.69, 9.17) is 4.74 Å². The highest BCUT2D eigenvalue weighted by Crippen LogP contribution is 2.31. The van der Waals surface area contributed by atoms with Crippen molar-refractivity contribution < 1.29 is 9.53 Å². The fourth-order valence-electron chi connectivity index (χ4n) is 2.94. The quantitative estimate of drug-likeness (QED) is 0.415. The van der Waals surface area contributed by atoms with Crippen LogP contribution in [0.1, 0.15) is 12.8 Å². The Bertz CT molecular complexity index is 759. The van der Waals surface area contributed by atoms with E-state index in [-0.39, 0.29) is 12.5 Å². The molecular formula is C19H26N6O2. The number of anilines is 1. The molecule has 1 aliphatic rings. The zero-order valence-corrected chi connectivity index (χ0v) is 15.6. The predicted octanol–water partition coefficient (Wildman–Crippen LogP) is 1.25. The molecule has 0 bridgehead atoms. The Labute approximate surface area is 159 Å². The van der Waals surface area contributed by atoms with E-state index in [1.165, 1.54) is 0 Å². The number of carbonyl (C=O) groups is 1. The van der Waals surface area contributed by atoms with Crippen molar-refractivity contribution in [2.24, 2.45) is 4.99 Å². The molecule has 0 atom stereocenters.